The van der Waals surface area contributed by atoms with Crippen LogP contribution in [0.5, 0.6) is 11.5 Å². The second kappa shape index (κ2) is 8.20. The van der Waals surface area contributed by atoms with Gasteiger partial charge >= 0.3 is 0 Å². The molecule has 1 atom stereocenters. The molecular weight excluding hydrogens is 354 g/mol. The van der Waals surface area contributed by atoms with Gasteiger partial charge in [0, 0.05) is 38.3 Å². The highest BCUT2D eigenvalue weighted by molar-refractivity contribution is 5.95. The Morgan fingerprint density at radius 2 is 1.75 bits per heavy atom. The van der Waals surface area contributed by atoms with E-state index in [9.17, 15) is 4.79 Å². The number of piperazine rings is 1. The maximum absolute atomic E-state index is 12.7. The molecule has 2 aliphatic heterocycles. The summed E-state index contributed by atoms with van der Waals surface area (Å²) in [7, 11) is 2.15. The second-order valence-corrected chi connectivity index (χ2v) is 7.54. The first-order valence-corrected chi connectivity index (χ1v) is 9.77. The zero-order chi connectivity index (χ0) is 19.5. The molecule has 1 fully saturated rings. The quantitative estimate of drug-likeness (QED) is 0.862. The van der Waals surface area contributed by atoms with Gasteiger partial charge in [0.15, 0.2) is 11.5 Å². The normalized spacial score (nSPS) is 18.1. The molecule has 2 aliphatic rings. The second-order valence-electron chi connectivity index (χ2n) is 7.54. The summed E-state index contributed by atoms with van der Waals surface area (Å²) in [6.45, 7) is 6.94. The third-order valence-electron chi connectivity index (χ3n) is 5.53. The van der Waals surface area contributed by atoms with Gasteiger partial charge in [-0.05, 0) is 37.7 Å². The molecule has 0 bridgehead atoms. The summed E-state index contributed by atoms with van der Waals surface area (Å²) in [6, 6.07) is 14.1. The first-order valence-electron chi connectivity index (χ1n) is 9.77. The van der Waals surface area contributed by atoms with Crippen LogP contribution in [0.3, 0.4) is 0 Å². The first-order chi connectivity index (χ1) is 13.6. The Kier molecular flexibility index (Phi) is 5.50. The van der Waals surface area contributed by atoms with Crippen molar-refractivity contribution in [2.75, 3.05) is 46.6 Å². The van der Waals surface area contributed by atoms with Gasteiger partial charge in [0.2, 0.25) is 6.79 Å². The fourth-order valence-electron chi connectivity index (χ4n) is 3.71. The van der Waals surface area contributed by atoms with Crippen molar-refractivity contribution in [3.05, 3.63) is 59.2 Å². The number of hydrogen-bond acceptors (Lipinski definition) is 5. The number of amides is 1. The highest BCUT2D eigenvalue weighted by Crippen LogP contribution is 2.32. The first kappa shape index (κ1) is 18.8. The number of benzene rings is 2. The topological polar surface area (TPSA) is 54.0 Å². The van der Waals surface area contributed by atoms with Gasteiger partial charge in [-0.2, -0.15) is 0 Å². The minimum atomic E-state index is -0.0930. The molecule has 1 N–H and O–H groups in total. The molecule has 6 heteroatoms. The molecular formula is C22H27N3O3. The molecule has 2 heterocycles. The van der Waals surface area contributed by atoms with E-state index in [0.717, 1.165) is 26.2 Å². The number of nitrogens with zero attached hydrogens (tertiary/aromatic N) is 2. The van der Waals surface area contributed by atoms with E-state index in [4.69, 9.17) is 9.47 Å². The maximum atomic E-state index is 12.7. The lowest BCUT2D eigenvalue weighted by Gasteiger charge is -2.38. The Balaban J connectivity index is 1.47. The van der Waals surface area contributed by atoms with Crippen molar-refractivity contribution in [3.8, 4) is 11.5 Å². The predicted molar refractivity (Wildman–Crippen MR) is 108 cm³/mol. The van der Waals surface area contributed by atoms with Gasteiger partial charge in [-0.1, -0.05) is 29.8 Å². The van der Waals surface area contributed by atoms with Gasteiger partial charge in [0.05, 0.1) is 6.04 Å². The van der Waals surface area contributed by atoms with Gasteiger partial charge < -0.3 is 19.7 Å². The van der Waals surface area contributed by atoms with Crippen LogP contribution in [0.1, 0.15) is 27.5 Å². The molecule has 2 aromatic rings. The Labute approximate surface area is 166 Å². The van der Waals surface area contributed by atoms with E-state index in [2.05, 4.69) is 53.4 Å². The highest BCUT2D eigenvalue weighted by atomic mass is 16.7. The monoisotopic (exact) mass is 381 g/mol. The standard InChI is InChI=1S/C22H27N3O3/c1-16-3-5-17(6-4-16)19(25-11-9-24(2)10-12-25)14-23-22(26)18-7-8-20-21(13-18)28-15-27-20/h3-8,13,19H,9-12,14-15H2,1-2H3,(H,23,26). The fourth-order valence-corrected chi connectivity index (χ4v) is 3.71. The number of aryl methyl sites for hydroxylation is 1. The largest absolute Gasteiger partial charge is 0.454 e. The van der Waals surface area contributed by atoms with Gasteiger partial charge in [-0.3, -0.25) is 9.69 Å². The van der Waals surface area contributed by atoms with Crippen molar-refractivity contribution in [2.45, 2.75) is 13.0 Å². The number of ether oxygens (including phenoxy) is 2. The summed E-state index contributed by atoms with van der Waals surface area (Å²) in [5.74, 6) is 1.22. The molecule has 1 saturated heterocycles. The number of hydrogen-bond donors (Lipinski definition) is 1. The summed E-state index contributed by atoms with van der Waals surface area (Å²) in [6.07, 6.45) is 0. The molecule has 148 valence electrons. The van der Waals surface area contributed by atoms with E-state index in [-0.39, 0.29) is 18.7 Å². The van der Waals surface area contributed by atoms with Crippen molar-refractivity contribution < 1.29 is 14.3 Å². The number of rotatable bonds is 5. The molecule has 0 radical (unpaired) electrons. The molecule has 0 aliphatic carbocycles. The number of likely N-dealkylation sites (N-methyl/N-ethyl adjacent to an activating group) is 1. The van der Waals surface area contributed by atoms with Gasteiger partial charge in [0.1, 0.15) is 0 Å². The lowest BCUT2D eigenvalue weighted by molar-refractivity contribution is 0.0886. The van der Waals surface area contributed by atoms with Crippen molar-refractivity contribution in [3.63, 3.8) is 0 Å². The minimum Gasteiger partial charge on any atom is -0.454 e. The van der Waals surface area contributed by atoms with Crippen LogP contribution in [0.25, 0.3) is 0 Å². The average Bonchev–Trinajstić information content (AvgIpc) is 3.18. The predicted octanol–water partition coefficient (Wildman–Crippen LogP) is 2.44. The van der Waals surface area contributed by atoms with E-state index in [1.807, 2.05) is 0 Å². The molecule has 0 saturated carbocycles. The molecule has 1 unspecified atom stereocenters. The lowest BCUT2D eigenvalue weighted by Crippen LogP contribution is -2.48. The van der Waals surface area contributed by atoms with Crippen LogP contribution >= 0.6 is 0 Å². The fraction of sp³-hybridized carbons (Fsp3) is 0.409. The van der Waals surface area contributed by atoms with Crippen LogP contribution in [-0.4, -0.2) is 62.3 Å². The highest BCUT2D eigenvalue weighted by Gasteiger charge is 2.25. The van der Waals surface area contributed by atoms with Gasteiger partial charge in [-0.15, -0.1) is 0 Å². The molecule has 2 aromatic carbocycles. The zero-order valence-corrected chi connectivity index (χ0v) is 16.5. The molecule has 28 heavy (non-hydrogen) atoms. The van der Waals surface area contributed by atoms with Gasteiger partial charge in [-0.25, -0.2) is 0 Å². The Bertz CT molecular complexity index is 829. The van der Waals surface area contributed by atoms with Gasteiger partial charge in [0.25, 0.3) is 5.91 Å². The summed E-state index contributed by atoms with van der Waals surface area (Å²) in [5.41, 5.74) is 3.07. The van der Waals surface area contributed by atoms with E-state index < -0.39 is 0 Å². The van der Waals surface area contributed by atoms with E-state index >= 15 is 0 Å². The number of carbonyl (C=O) groups excluding carboxylic acids is 1. The maximum Gasteiger partial charge on any atom is 0.251 e. The molecule has 6 nitrogen and oxygen atoms in total. The molecule has 4 rings (SSSR count). The Morgan fingerprint density at radius 1 is 1.04 bits per heavy atom. The van der Waals surface area contributed by atoms with Crippen LogP contribution in [0.4, 0.5) is 0 Å². The van der Waals surface area contributed by atoms with Crippen molar-refractivity contribution in [1.82, 2.24) is 15.1 Å². The van der Waals surface area contributed by atoms with E-state index in [1.165, 1.54) is 11.1 Å². The number of fused-ring (bicyclic) bond motifs is 1. The Morgan fingerprint density at radius 3 is 2.50 bits per heavy atom. The van der Waals surface area contributed by atoms with Crippen LogP contribution in [0.2, 0.25) is 0 Å². The Hall–Kier alpha value is -2.57. The molecule has 0 spiro atoms. The van der Waals surface area contributed by atoms with E-state index in [0.29, 0.717) is 23.6 Å². The summed E-state index contributed by atoms with van der Waals surface area (Å²) >= 11 is 0. The molecule has 0 aromatic heterocycles. The SMILES string of the molecule is Cc1ccc(C(CNC(=O)c2ccc3c(c2)OCO3)N2CCN(C)CC2)cc1. The van der Waals surface area contributed by atoms with Crippen LogP contribution in [0.15, 0.2) is 42.5 Å². The summed E-state index contributed by atoms with van der Waals surface area (Å²) in [4.78, 5) is 17.5. The van der Waals surface area contributed by atoms with Crippen molar-refractivity contribution in [2.24, 2.45) is 0 Å². The lowest BCUT2D eigenvalue weighted by atomic mass is 10.0. The summed E-state index contributed by atoms with van der Waals surface area (Å²) < 4.78 is 10.7. The summed E-state index contributed by atoms with van der Waals surface area (Å²) in [5, 5.41) is 3.12. The van der Waals surface area contributed by atoms with Crippen LogP contribution in [0, 0.1) is 6.92 Å². The number of nitrogens with one attached hydrogen (secondary N) is 1. The minimum absolute atomic E-state index is 0.0930. The van der Waals surface area contributed by atoms with Crippen molar-refractivity contribution in [1.29, 1.82) is 0 Å². The number of carbonyl (C=O) groups is 1. The smallest absolute Gasteiger partial charge is 0.251 e. The van der Waals surface area contributed by atoms with E-state index in [1.54, 1.807) is 18.2 Å². The molecule has 1 amide bonds. The van der Waals surface area contributed by atoms with Crippen molar-refractivity contribution >= 4 is 5.91 Å². The van der Waals surface area contributed by atoms with Crippen LogP contribution in [-0.2, 0) is 0 Å². The average molecular weight is 381 g/mol. The zero-order valence-electron chi connectivity index (χ0n) is 16.5. The third kappa shape index (κ3) is 4.13. The van der Waals surface area contributed by atoms with Crippen LogP contribution < -0.4 is 14.8 Å². The third-order valence-corrected chi connectivity index (χ3v) is 5.53.